The number of anilines is 1. The van der Waals surface area contributed by atoms with Gasteiger partial charge in [0.1, 0.15) is 5.75 Å². The Morgan fingerprint density at radius 1 is 1.05 bits per heavy atom. The Morgan fingerprint density at radius 3 is 2.27 bits per heavy atom. The molecule has 1 amide bonds. The summed E-state index contributed by atoms with van der Waals surface area (Å²) in [4.78, 5) is 12.0. The van der Waals surface area contributed by atoms with Gasteiger partial charge in [-0.25, -0.2) is 0 Å². The lowest BCUT2D eigenvalue weighted by atomic mass is 10.1. The van der Waals surface area contributed by atoms with Crippen LogP contribution < -0.4 is 10.1 Å². The van der Waals surface area contributed by atoms with Crippen molar-refractivity contribution in [3.05, 3.63) is 60.2 Å². The van der Waals surface area contributed by atoms with Crippen molar-refractivity contribution in [1.82, 2.24) is 0 Å². The Hall–Kier alpha value is -2.50. The van der Waals surface area contributed by atoms with E-state index in [0.717, 1.165) is 6.07 Å². The van der Waals surface area contributed by atoms with E-state index in [1.54, 1.807) is 30.3 Å². The number of hydrogen-bond donors (Lipinski definition) is 1. The van der Waals surface area contributed by atoms with Gasteiger partial charge in [0, 0.05) is 0 Å². The summed E-state index contributed by atoms with van der Waals surface area (Å²) in [5.41, 5.74) is -1.18. The molecule has 1 atom stereocenters. The molecule has 2 rings (SSSR count). The third kappa shape index (κ3) is 4.00. The van der Waals surface area contributed by atoms with Crippen molar-refractivity contribution in [1.29, 1.82) is 0 Å². The van der Waals surface area contributed by atoms with Crippen LogP contribution in [0.1, 0.15) is 12.5 Å². The van der Waals surface area contributed by atoms with Gasteiger partial charge in [-0.3, -0.25) is 4.79 Å². The summed E-state index contributed by atoms with van der Waals surface area (Å²) in [6, 6.07) is 13.4. The normalized spacial score (nSPS) is 12.5. The van der Waals surface area contributed by atoms with E-state index in [2.05, 4.69) is 5.32 Å². The van der Waals surface area contributed by atoms with Gasteiger partial charge in [-0.1, -0.05) is 30.3 Å². The van der Waals surface area contributed by atoms with E-state index in [1.165, 1.54) is 25.1 Å². The van der Waals surface area contributed by atoms with Gasteiger partial charge in [0.25, 0.3) is 5.91 Å². The maximum Gasteiger partial charge on any atom is 0.418 e. The van der Waals surface area contributed by atoms with Crippen molar-refractivity contribution in [2.75, 3.05) is 5.32 Å². The smallest absolute Gasteiger partial charge is 0.418 e. The van der Waals surface area contributed by atoms with Crippen LogP contribution >= 0.6 is 0 Å². The van der Waals surface area contributed by atoms with Crippen molar-refractivity contribution >= 4 is 11.6 Å². The van der Waals surface area contributed by atoms with Gasteiger partial charge in [-0.15, -0.1) is 0 Å². The minimum absolute atomic E-state index is 0.288. The van der Waals surface area contributed by atoms with Crippen molar-refractivity contribution < 1.29 is 22.7 Å². The number of benzene rings is 2. The molecule has 22 heavy (non-hydrogen) atoms. The molecule has 0 aromatic heterocycles. The highest BCUT2D eigenvalue weighted by Gasteiger charge is 2.33. The Morgan fingerprint density at radius 2 is 1.64 bits per heavy atom. The van der Waals surface area contributed by atoms with Crippen LogP contribution in [0, 0.1) is 0 Å². The van der Waals surface area contributed by atoms with Crippen LogP contribution in [0.2, 0.25) is 0 Å². The summed E-state index contributed by atoms with van der Waals surface area (Å²) in [6.07, 6.45) is -5.46. The number of carbonyl (C=O) groups excluding carboxylic acids is 1. The van der Waals surface area contributed by atoms with Gasteiger partial charge >= 0.3 is 6.18 Å². The molecule has 1 N–H and O–H groups in total. The Bertz CT molecular complexity index is 641. The zero-order chi connectivity index (χ0) is 16.2. The first-order valence-electron chi connectivity index (χ1n) is 6.56. The van der Waals surface area contributed by atoms with Gasteiger partial charge < -0.3 is 10.1 Å². The van der Waals surface area contributed by atoms with E-state index in [9.17, 15) is 18.0 Å². The average Bonchev–Trinajstić information content (AvgIpc) is 2.47. The largest absolute Gasteiger partial charge is 0.481 e. The second-order valence-electron chi connectivity index (χ2n) is 4.61. The molecule has 0 spiro atoms. The first kappa shape index (κ1) is 15.9. The fraction of sp³-hybridized carbons (Fsp3) is 0.188. The molecule has 0 heterocycles. The number of amides is 1. The monoisotopic (exact) mass is 309 g/mol. The van der Waals surface area contributed by atoms with Crippen LogP contribution in [0.4, 0.5) is 18.9 Å². The molecule has 0 aliphatic rings. The standard InChI is InChI=1S/C16H14F3NO2/c1-11(22-12-7-3-2-4-8-12)15(21)20-14-10-6-5-9-13(14)16(17,18)19/h2-11H,1H3,(H,20,21)/t11-/m1/s1. The van der Waals surface area contributed by atoms with Crippen molar-refractivity contribution in [2.24, 2.45) is 0 Å². The average molecular weight is 309 g/mol. The molecule has 0 unspecified atom stereocenters. The van der Waals surface area contributed by atoms with Gasteiger partial charge in [-0.05, 0) is 31.2 Å². The molecule has 6 heteroatoms. The molecule has 3 nitrogen and oxygen atoms in total. The number of halogens is 3. The number of hydrogen-bond acceptors (Lipinski definition) is 2. The minimum atomic E-state index is -4.53. The van der Waals surface area contributed by atoms with E-state index < -0.39 is 23.8 Å². The third-order valence-electron chi connectivity index (χ3n) is 2.92. The predicted octanol–water partition coefficient (Wildman–Crippen LogP) is 4.11. The molecule has 0 fully saturated rings. The lowest BCUT2D eigenvalue weighted by molar-refractivity contribution is -0.137. The second kappa shape index (κ2) is 6.51. The lowest BCUT2D eigenvalue weighted by Gasteiger charge is -2.17. The Balaban J connectivity index is 2.09. The number of carbonyl (C=O) groups is 1. The van der Waals surface area contributed by atoms with Crippen LogP contribution in [0.5, 0.6) is 5.75 Å². The molecule has 116 valence electrons. The fourth-order valence-corrected chi connectivity index (χ4v) is 1.83. The van der Waals surface area contributed by atoms with E-state index in [4.69, 9.17) is 4.74 Å². The van der Waals surface area contributed by atoms with E-state index in [0.29, 0.717) is 5.75 Å². The third-order valence-corrected chi connectivity index (χ3v) is 2.92. The fourth-order valence-electron chi connectivity index (χ4n) is 1.83. The summed E-state index contributed by atoms with van der Waals surface area (Å²) in [5, 5.41) is 2.25. The quantitative estimate of drug-likeness (QED) is 0.923. The van der Waals surface area contributed by atoms with E-state index in [-0.39, 0.29) is 5.69 Å². The maximum atomic E-state index is 12.9. The predicted molar refractivity (Wildman–Crippen MR) is 76.6 cm³/mol. The van der Waals surface area contributed by atoms with E-state index >= 15 is 0 Å². The highest BCUT2D eigenvalue weighted by atomic mass is 19.4. The maximum absolute atomic E-state index is 12.9. The molecule has 0 saturated carbocycles. The molecule has 2 aromatic rings. The van der Waals surface area contributed by atoms with Crippen molar-refractivity contribution in [3.63, 3.8) is 0 Å². The van der Waals surface area contributed by atoms with Crippen LogP contribution in [0.15, 0.2) is 54.6 Å². The zero-order valence-electron chi connectivity index (χ0n) is 11.7. The highest BCUT2D eigenvalue weighted by Crippen LogP contribution is 2.34. The minimum Gasteiger partial charge on any atom is -0.481 e. The van der Waals surface area contributed by atoms with E-state index in [1.807, 2.05) is 0 Å². The highest BCUT2D eigenvalue weighted by molar-refractivity contribution is 5.94. The Labute approximate surface area is 125 Å². The van der Waals surface area contributed by atoms with Crippen LogP contribution in [-0.4, -0.2) is 12.0 Å². The summed E-state index contributed by atoms with van der Waals surface area (Å²) in [7, 11) is 0. The van der Waals surface area contributed by atoms with Gasteiger partial charge in [0.05, 0.1) is 11.3 Å². The summed E-state index contributed by atoms with van der Waals surface area (Å²) < 4.78 is 44.0. The summed E-state index contributed by atoms with van der Waals surface area (Å²) in [5.74, 6) is -0.185. The molecule has 0 aliphatic carbocycles. The van der Waals surface area contributed by atoms with Gasteiger partial charge in [0.15, 0.2) is 6.10 Å². The molecule has 0 bridgehead atoms. The molecule has 0 aliphatic heterocycles. The number of para-hydroxylation sites is 2. The number of ether oxygens (including phenoxy) is 1. The van der Waals surface area contributed by atoms with Crippen LogP contribution in [0.3, 0.4) is 0 Å². The molecule has 2 aromatic carbocycles. The molecular formula is C16H14F3NO2. The lowest BCUT2D eigenvalue weighted by Crippen LogP contribution is -2.31. The summed E-state index contributed by atoms with van der Waals surface area (Å²) >= 11 is 0. The number of rotatable bonds is 4. The first-order valence-corrected chi connectivity index (χ1v) is 6.56. The number of alkyl halides is 3. The zero-order valence-corrected chi connectivity index (χ0v) is 11.7. The van der Waals surface area contributed by atoms with Crippen molar-refractivity contribution in [2.45, 2.75) is 19.2 Å². The van der Waals surface area contributed by atoms with Crippen LogP contribution in [0.25, 0.3) is 0 Å². The number of nitrogens with one attached hydrogen (secondary N) is 1. The second-order valence-corrected chi connectivity index (χ2v) is 4.61. The first-order chi connectivity index (χ1) is 10.4. The Kier molecular flexibility index (Phi) is 4.70. The topological polar surface area (TPSA) is 38.3 Å². The molecule has 0 saturated heterocycles. The van der Waals surface area contributed by atoms with Gasteiger partial charge in [-0.2, -0.15) is 13.2 Å². The van der Waals surface area contributed by atoms with Crippen molar-refractivity contribution in [3.8, 4) is 5.75 Å². The molecular weight excluding hydrogens is 295 g/mol. The molecule has 0 radical (unpaired) electrons. The van der Waals surface area contributed by atoms with Crippen LogP contribution in [-0.2, 0) is 11.0 Å². The van der Waals surface area contributed by atoms with Gasteiger partial charge in [0.2, 0.25) is 0 Å². The summed E-state index contributed by atoms with van der Waals surface area (Å²) in [6.45, 7) is 1.47. The SMILES string of the molecule is C[C@@H](Oc1ccccc1)C(=O)Nc1ccccc1C(F)(F)F.